The summed E-state index contributed by atoms with van der Waals surface area (Å²) in [5.41, 5.74) is 0. The number of aliphatic carboxylic acids is 1. The van der Waals surface area contributed by atoms with Gasteiger partial charge in [-0.25, -0.2) is 9.59 Å². The van der Waals surface area contributed by atoms with Crippen LogP contribution in [0.15, 0.2) is 0 Å². The van der Waals surface area contributed by atoms with Crippen LogP contribution >= 0.6 is 11.8 Å². The summed E-state index contributed by atoms with van der Waals surface area (Å²) in [4.78, 5) is 26.2. The Balaban J connectivity index is 1.99. The highest BCUT2D eigenvalue weighted by Gasteiger charge is 2.36. The van der Waals surface area contributed by atoms with E-state index in [1.54, 1.807) is 4.90 Å². The maximum Gasteiger partial charge on any atom is 0.327 e. The molecule has 1 atom stereocenters. The Hall–Kier alpha value is -0.950. The van der Waals surface area contributed by atoms with Crippen molar-refractivity contribution in [3.8, 4) is 0 Å². The molecule has 2 saturated heterocycles. The predicted octanol–water partition coefficient (Wildman–Crippen LogP) is -0.529. The first-order chi connectivity index (χ1) is 7.70. The Bertz CT molecular complexity index is 294. The van der Waals surface area contributed by atoms with Gasteiger partial charge < -0.3 is 20.2 Å². The van der Waals surface area contributed by atoms with Crippen molar-refractivity contribution in [3.63, 3.8) is 0 Å². The molecule has 0 aromatic carbocycles. The average Bonchev–Trinajstić information content (AvgIpc) is 2.78. The van der Waals surface area contributed by atoms with Gasteiger partial charge in [-0.15, -0.1) is 11.8 Å². The highest BCUT2D eigenvalue weighted by Crippen LogP contribution is 2.22. The number of nitrogens with zero attached hydrogens (tertiary/aromatic N) is 2. The molecule has 6 nitrogen and oxygen atoms in total. The number of amides is 2. The number of carboxylic acids is 1. The minimum absolute atomic E-state index is 0.140. The van der Waals surface area contributed by atoms with E-state index < -0.39 is 12.0 Å². The zero-order valence-electron chi connectivity index (χ0n) is 8.89. The van der Waals surface area contributed by atoms with Crippen molar-refractivity contribution < 1.29 is 14.7 Å². The molecule has 90 valence electrons. The molecule has 0 saturated carbocycles. The molecule has 2 aliphatic rings. The lowest BCUT2D eigenvalue weighted by molar-refractivity contribution is -0.140. The van der Waals surface area contributed by atoms with Crippen molar-refractivity contribution in [2.45, 2.75) is 6.04 Å². The number of thioether (sulfide) groups is 1. The molecule has 2 heterocycles. The first-order valence-electron chi connectivity index (χ1n) is 5.27. The van der Waals surface area contributed by atoms with Crippen LogP contribution in [0.1, 0.15) is 0 Å². The van der Waals surface area contributed by atoms with Gasteiger partial charge in [-0.05, 0) is 0 Å². The maximum atomic E-state index is 12.1. The Morgan fingerprint density at radius 1 is 1.31 bits per heavy atom. The number of urea groups is 1. The number of carbonyl (C=O) groups is 2. The summed E-state index contributed by atoms with van der Waals surface area (Å²) in [6.07, 6.45) is 0. The lowest BCUT2D eigenvalue weighted by atomic mass is 10.3. The van der Waals surface area contributed by atoms with Gasteiger partial charge in [0, 0.05) is 31.9 Å². The number of hydrogen-bond acceptors (Lipinski definition) is 4. The molecule has 0 radical (unpaired) electrons. The summed E-state index contributed by atoms with van der Waals surface area (Å²) in [5, 5.41) is 12.2. The molecule has 0 unspecified atom stereocenters. The number of nitrogens with one attached hydrogen (secondary N) is 1. The van der Waals surface area contributed by atoms with Crippen molar-refractivity contribution in [2.24, 2.45) is 0 Å². The van der Waals surface area contributed by atoms with E-state index in [2.05, 4.69) is 5.32 Å². The topological polar surface area (TPSA) is 72.9 Å². The Morgan fingerprint density at radius 2 is 2.00 bits per heavy atom. The van der Waals surface area contributed by atoms with E-state index in [4.69, 9.17) is 5.11 Å². The van der Waals surface area contributed by atoms with Gasteiger partial charge in [0.05, 0.1) is 5.88 Å². The smallest absolute Gasteiger partial charge is 0.327 e. The molecule has 2 aliphatic heterocycles. The monoisotopic (exact) mass is 245 g/mol. The second-order valence-corrected chi connectivity index (χ2v) is 4.84. The van der Waals surface area contributed by atoms with Crippen LogP contribution in [0.2, 0.25) is 0 Å². The third-order valence-corrected chi connectivity index (χ3v) is 3.81. The van der Waals surface area contributed by atoms with Gasteiger partial charge in [-0.2, -0.15) is 0 Å². The van der Waals surface area contributed by atoms with Crippen molar-refractivity contribution in [1.29, 1.82) is 0 Å². The number of rotatable bonds is 1. The zero-order valence-corrected chi connectivity index (χ0v) is 9.70. The molecule has 0 aromatic heterocycles. The van der Waals surface area contributed by atoms with Crippen LogP contribution in [-0.2, 0) is 4.79 Å². The molecule has 0 aromatic rings. The Kier molecular flexibility index (Phi) is 3.55. The van der Waals surface area contributed by atoms with E-state index in [0.717, 1.165) is 13.1 Å². The normalized spacial score (nSPS) is 25.9. The highest BCUT2D eigenvalue weighted by molar-refractivity contribution is 7.99. The Labute approximate surface area is 98.0 Å². The van der Waals surface area contributed by atoms with Crippen LogP contribution in [0, 0.1) is 0 Å². The second-order valence-electron chi connectivity index (χ2n) is 3.84. The zero-order chi connectivity index (χ0) is 11.5. The number of piperazine rings is 1. The van der Waals surface area contributed by atoms with Crippen LogP contribution in [0.5, 0.6) is 0 Å². The van der Waals surface area contributed by atoms with Gasteiger partial charge in [-0.3, -0.25) is 0 Å². The van der Waals surface area contributed by atoms with Crippen LogP contribution in [0.25, 0.3) is 0 Å². The van der Waals surface area contributed by atoms with Gasteiger partial charge in [-0.1, -0.05) is 0 Å². The third-order valence-electron chi connectivity index (χ3n) is 2.80. The minimum atomic E-state index is -0.909. The molecule has 2 rings (SSSR count). The summed E-state index contributed by atoms with van der Waals surface area (Å²) in [6, 6.07) is -0.800. The molecular formula is C9H15N3O3S. The fourth-order valence-electron chi connectivity index (χ4n) is 1.87. The van der Waals surface area contributed by atoms with Crippen LogP contribution in [-0.4, -0.2) is 70.8 Å². The lowest BCUT2D eigenvalue weighted by Gasteiger charge is -2.32. The largest absolute Gasteiger partial charge is 0.480 e. The molecule has 2 fully saturated rings. The van der Waals surface area contributed by atoms with Crippen LogP contribution < -0.4 is 5.32 Å². The van der Waals surface area contributed by atoms with Gasteiger partial charge in [0.25, 0.3) is 0 Å². The summed E-state index contributed by atoms with van der Waals surface area (Å²) in [7, 11) is 0. The van der Waals surface area contributed by atoms with Gasteiger partial charge in [0.2, 0.25) is 0 Å². The lowest BCUT2D eigenvalue weighted by Crippen LogP contribution is -2.54. The minimum Gasteiger partial charge on any atom is -0.480 e. The summed E-state index contributed by atoms with van der Waals surface area (Å²) in [5.74, 6) is 0.0702. The molecular weight excluding hydrogens is 230 g/mol. The maximum absolute atomic E-state index is 12.1. The van der Waals surface area contributed by atoms with Gasteiger partial charge in [0.1, 0.15) is 6.04 Å². The summed E-state index contributed by atoms with van der Waals surface area (Å²) < 4.78 is 0. The van der Waals surface area contributed by atoms with Crippen molar-refractivity contribution in [3.05, 3.63) is 0 Å². The third kappa shape index (κ3) is 2.25. The van der Waals surface area contributed by atoms with E-state index in [1.807, 2.05) is 0 Å². The first-order valence-corrected chi connectivity index (χ1v) is 6.42. The van der Waals surface area contributed by atoms with Crippen molar-refractivity contribution >= 4 is 23.8 Å². The van der Waals surface area contributed by atoms with E-state index >= 15 is 0 Å². The molecule has 16 heavy (non-hydrogen) atoms. The van der Waals surface area contributed by atoms with Crippen LogP contribution in [0.3, 0.4) is 0 Å². The molecule has 0 spiro atoms. The first kappa shape index (κ1) is 11.5. The van der Waals surface area contributed by atoms with E-state index in [9.17, 15) is 9.59 Å². The summed E-state index contributed by atoms with van der Waals surface area (Å²) in [6.45, 7) is 2.88. The van der Waals surface area contributed by atoms with Gasteiger partial charge in [0.15, 0.2) is 0 Å². The molecule has 2 amide bonds. The summed E-state index contributed by atoms with van der Waals surface area (Å²) >= 11 is 1.49. The van der Waals surface area contributed by atoms with Gasteiger partial charge >= 0.3 is 12.0 Å². The van der Waals surface area contributed by atoms with E-state index in [1.165, 1.54) is 16.7 Å². The molecule has 7 heteroatoms. The average molecular weight is 245 g/mol. The molecule has 2 N–H and O–H groups in total. The second kappa shape index (κ2) is 4.92. The predicted molar refractivity (Wildman–Crippen MR) is 60.4 cm³/mol. The number of carboxylic acid groups (broad SMARTS) is 1. The molecule has 0 aliphatic carbocycles. The van der Waals surface area contributed by atoms with Crippen LogP contribution in [0.4, 0.5) is 4.79 Å². The van der Waals surface area contributed by atoms with Crippen molar-refractivity contribution in [2.75, 3.05) is 37.8 Å². The van der Waals surface area contributed by atoms with Crippen molar-refractivity contribution in [1.82, 2.24) is 15.1 Å². The Morgan fingerprint density at radius 3 is 2.62 bits per heavy atom. The van der Waals surface area contributed by atoms with E-state index in [-0.39, 0.29) is 6.03 Å². The number of hydrogen-bond donors (Lipinski definition) is 2. The SMILES string of the molecule is O=C(O)[C@@H]1CSCN1C(=O)N1CCNCC1. The standard InChI is InChI=1S/C9H15N3O3S/c13-8(14)7-5-16-6-12(7)9(15)11-3-1-10-2-4-11/h7,10H,1-6H2,(H,13,14)/t7-/m0/s1. The van der Waals surface area contributed by atoms with E-state index in [0.29, 0.717) is 24.7 Å². The molecule has 0 bridgehead atoms. The fraction of sp³-hybridized carbons (Fsp3) is 0.778. The highest BCUT2D eigenvalue weighted by atomic mass is 32.2. The number of carbonyl (C=O) groups excluding carboxylic acids is 1. The fourth-order valence-corrected chi connectivity index (χ4v) is 3.01. The quantitative estimate of drug-likeness (QED) is 0.650.